The fourth-order valence-electron chi connectivity index (χ4n) is 8.83. The number of nitrogens with zero attached hydrogens (tertiary/aromatic N) is 3. The first-order valence-corrected chi connectivity index (χ1v) is 27.3. The van der Waals surface area contributed by atoms with E-state index < -0.39 is 86.7 Å². The summed E-state index contributed by atoms with van der Waals surface area (Å²) in [5, 5.41) is 10.5. The maximum absolute atomic E-state index is 16.5. The summed E-state index contributed by atoms with van der Waals surface area (Å²) in [5.74, 6) is -5.00. The average molecular weight is 1080 g/mol. The SMILES string of the molecule is CCCN(C(=O)Nc1cccc(CS(=O)(=O)N2CCC(Nc3cccc(-c4sc(C(=O)OC(C)(C)C)c(OCC(=O)OC(C)(C)C)c4Cl)c3)CC2(C)C)c1F)N(C(=O)c1cccc(CC)c1)C1CCC(=O)NC1=O. The maximum atomic E-state index is 16.5. The van der Waals surface area contributed by atoms with E-state index in [-0.39, 0.29) is 64.4 Å². The molecule has 4 aromatic rings. The second-order valence-electron chi connectivity index (χ2n) is 20.8. The van der Waals surface area contributed by atoms with Crippen molar-refractivity contribution in [1.82, 2.24) is 19.6 Å². The van der Waals surface area contributed by atoms with Crippen LogP contribution in [0, 0.1) is 5.82 Å². The van der Waals surface area contributed by atoms with Crippen molar-refractivity contribution >= 4 is 80.0 Å². The number of rotatable bonds is 16. The predicted molar refractivity (Wildman–Crippen MR) is 282 cm³/mol. The zero-order valence-corrected chi connectivity index (χ0v) is 45.9. The lowest BCUT2D eigenvalue weighted by Crippen LogP contribution is -2.62. The van der Waals surface area contributed by atoms with E-state index in [9.17, 15) is 37.2 Å². The van der Waals surface area contributed by atoms with Gasteiger partial charge < -0.3 is 24.8 Å². The number of imide groups is 1. The number of piperidine rings is 2. The lowest BCUT2D eigenvalue weighted by Gasteiger charge is -2.45. The van der Waals surface area contributed by atoms with Crippen LogP contribution in [-0.2, 0) is 46.1 Å². The Hall–Kier alpha value is -6.09. The Morgan fingerprint density at radius 3 is 2.28 bits per heavy atom. The zero-order valence-electron chi connectivity index (χ0n) is 43.5. The molecular weight excluding hydrogens is 1020 g/mol. The quantitative estimate of drug-likeness (QED) is 0.0544. The summed E-state index contributed by atoms with van der Waals surface area (Å²) in [6, 6.07) is 15.7. The molecule has 0 saturated carbocycles. The van der Waals surface area contributed by atoms with Crippen LogP contribution in [0.5, 0.6) is 5.75 Å². The molecule has 2 unspecified atom stereocenters. The zero-order chi connectivity index (χ0) is 54.5. The molecule has 0 bridgehead atoms. The number of thiophene rings is 1. The van der Waals surface area contributed by atoms with Gasteiger partial charge >= 0.3 is 18.0 Å². The lowest BCUT2D eigenvalue weighted by molar-refractivity contribution is -0.157. The highest BCUT2D eigenvalue weighted by molar-refractivity contribution is 7.88. The van der Waals surface area contributed by atoms with Gasteiger partial charge in [0.2, 0.25) is 15.9 Å². The predicted octanol–water partition coefficient (Wildman–Crippen LogP) is 9.74. The Bertz CT molecular complexity index is 2900. The van der Waals surface area contributed by atoms with Crippen LogP contribution < -0.4 is 20.7 Å². The van der Waals surface area contributed by atoms with Gasteiger partial charge in [0.05, 0.1) is 16.3 Å². The smallest absolute Gasteiger partial charge is 0.352 e. The first-order chi connectivity index (χ1) is 34.6. The fraction of sp³-hybridized carbons (Fsp3) is 0.472. The van der Waals surface area contributed by atoms with E-state index in [1.165, 1.54) is 22.5 Å². The number of sulfonamides is 1. The van der Waals surface area contributed by atoms with Crippen LogP contribution in [0.15, 0.2) is 66.7 Å². The van der Waals surface area contributed by atoms with Crippen molar-refractivity contribution in [2.75, 3.05) is 30.3 Å². The van der Waals surface area contributed by atoms with Crippen LogP contribution in [0.2, 0.25) is 5.02 Å². The second-order valence-corrected chi connectivity index (χ2v) is 24.1. The molecule has 0 spiro atoms. The molecule has 3 aromatic carbocycles. The third-order valence-electron chi connectivity index (χ3n) is 12.0. The van der Waals surface area contributed by atoms with Crippen molar-refractivity contribution in [2.24, 2.45) is 0 Å². The van der Waals surface area contributed by atoms with Gasteiger partial charge in [0.25, 0.3) is 11.8 Å². The largest absolute Gasteiger partial charge is 0.479 e. The molecular formula is C53H66ClFN6O11S2. The number of benzene rings is 3. The minimum absolute atomic E-state index is 0.00794. The highest BCUT2D eigenvalue weighted by Crippen LogP contribution is 2.47. The number of esters is 2. The van der Waals surface area contributed by atoms with Gasteiger partial charge in [-0.25, -0.2) is 37.2 Å². The number of amides is 5. The van der Waals surface area contributed by atoms with Crippen molar-refractivity contribution in [2.45, 2.75) is 142 Å². The summed E-state index contributed by atoms with van der Waals surface area (Å²) >= 11 is 7.96. The minimum Gasteiger partial charge on any atom is -0.479 e. The van der Waals surface area contributed by atoms with Crippen LogP contribution >= 0.6 is 22.9 Å². The molecule has 0 aliphatic carbocycles. The molecule has 21 heteroatoms. The molecule has 400 valence electrons. The van der Waals surface area contributed by atoms with Crippen LogP contribution in [0.1, 0.15) is 132 Å². The highest BCUT2D eigenvalue weighted by Gasteiger charge is 2.43. The van der Waals surface area contributed by atoms with E-state index in [1.807, 2.05) is 31.2 Å². The normalized spacial score (nSPS) is 17.2. The van der Waals surface area contributed by atoms with Gasteiger partial charge in [-0.3, -0.25) is 19.7 Å². The molecule has 1 aromatic heterocycles. The van der Waals surface area contributed by atoms with Crippen molar-refractivity contribution in [3.63, 3.8) is 0 Å². The molecule has 3 N–H and O–H groups in total. The number of carbonyl (C=O) groups is 6. The van der Waals surface area contributed by atoms with E-state index in [4.69, 9.17) is 25.8 Å². The number of hydrogen-bond donors (Lipinski definition) is 3. The number of urea groups is 1. The van der Waals surface area contributed by atoms with Gasteiger partial charge in [-0.05, 0) is 129 Å². The van der Waals surface area contributed by atoms with Crippen molar-refractivity contribution in [3.05, 3.63) is 99.1 Å². The van der Waals surface area contributed by atoms with Crippen molar-refractivity contribution in [1.29, 1.82) is 0 Å². The summed E-state index contributed by atoms with van der Waals surface area (Å²) in [6.07, 6.45) is 1.55. The third-order valence-corrected chi connectivity index (χ3v) is 15.7. The first kappa shape index (κ1) is 57.2. The Labute approximate surface area is 441 Å². The van der Waals surface area contributed by atoms with Crippen LogP contribution in [0.4, 0.5) is 20.6 Å². The number of nitrogens with one attached hydrogen (secondary N) is 3. The number of ether oxygens (including phenoxy) is 3. The van der Waals surface area contributed by atoms with E-state index in [1.54, 1.807) is 86.6 Å². The summed E-state index contributed by atoms with van der Waals surface area (Å²) in [5.41, 5.74) is -0.720. The average Bonchev–Trinajstić information content (AvgIpc) is 3.64. The standard InChI is InChI=1S/C53H66ClFN6O11S2/c1-11-25-59(61(39-22-23-40(62)58-47(39)64)48(65)34-18-13-16-32(12-2)27-34)50(67)57-38-21-15-19-35(43(38)55)31-74(68,69)60-26-24-37(29-53(60,9)10)56-36-20-14-17-33(28-36)45-42(54)44(70-30-41(63)71-51(3,4)5)46(73-45)49(66)72-52(6,7)8/h13-21,27-28,37,39,56H,11-12,22-26,29-31H2,1-10H3,(H,57,67)(H,58,62,64). The Morgan fingerprint density at radius 2 is 1.64 bits per heavy atom. The van der Waals surface area contributed by atoms with E-state index in [0.717, 1.165) is 26.9 Å². The topological polar surface area (TPSA) is 210 Å². The van der Waals surface area contributed by atoms with Crippen molar-refractivity contribution in [3.8, 4) is 16.2 Å². The number of hydrogen-bond acceptors (Lipinski definition) is 13. The molecule has 2 aliphatic rings. The third kappa shape index (κ3) is 14.2. The number of aryl methyl sites for hydroxylation is 1. The van der Waals surface area contributed by atoms with Crippen LogP contribution in [0.25, 0.3) is 10.4 Å². The highest BCUT2D eigenvalue weighted by atomic mass is 35.5. The molecule has 6 rings (SSSR count). The Balaban J connectivity index is 1.17. The maximum Gasteiger partial charge on any atom is 0.352 e. The van der Waals surface area contributed by atoms with E-state index in [2.05, 4.69) is 16.0 Å². The summed E-state index contributed by atoms with van der Waals surface area (Å²) in [6.45, 7) is 17.1. The molecule has 3 heterocycles. The molecule has 17 nitrogen and oxygen atoms in total. The van der Waals surface area contributed by atoms with Crippen molar-refractivity contribution < 1.29 is 55.8 Å². The molecule has 74 heavy (non-hydrogen) atoms. The Morgan fingerprint density at radius 1 is 0.946 bits per heavy atom. The van der Waals surface area contributed by atoms with Gasteiger partial charge in [0.1, 0.15) is 22.3 Å². The molecule has 2 fully saturated rings. The summed E-state index contributed by atoms with van der Waals surface area (Å²) < 4.78 is 63.3. The number of hydrazine groups is 1. The molecule has 2 aliphatic heterocycles. The second kappa shape index (κ2) is 23.2. The van der Waals surface area contributed by atoms with E-state index in [0.29, 0.717) is 41.8 Å². The number of halogens is 2. The van der Waals surface area contributed by atoms with Gasteiger partial charge in [-0.15, -0.1) is 11.3 Å². The van der Waals surface area contributed by atoms with Gasteiger partial charge in [0, 0.05) is 47.9 Å². The summed E-state index contributed by atoms with van der Waals surface area (Å²) in [7, 11) is -4.18. The lowest BCUT2D eigenvalue weighted by atomic mass is 9.89. The van der Waals surface area contributed by atoms with Crippen LogP contribution in [0.3, 0.4) is 0 Å². The molecule has 2 atom stereocenters. The van der Waals surface area contributed by atoms with Crippen LogP contribution in [-0.4, -0.2) is 107 Å². The van der Waals surface area contributed by atoms with E-state index >= 15 is 4.39 Å². The first-order valence-electron chi connectivity index (χ1n) is 24.5. The van der Waals surface area contributed by atoms with Gasteiger partial charge in [-0.1, -0.05) is 61.8 Å². The number of anilines is 2. The fourth-order valence-corrected chi connectivity index (χ4v) is 12.3. The minimum atomic E-state index is -4.18. The molecule has 0 radical (unpaired) electrons. The molecule has 2 saturated heterocycles. The number of carbonyl (C=O) groups excluding carboxylic acids is 6. The molecule has 5 amide bonds. The summed E-state index contributed by atoms with van der Waals surface area (Å²) in [4.78, 5) is 80.4. The Kier molecular flexibility index (Phi) is 17.9. The monoisotopic (exact) mass is 1080 g/mol. The van der Waals surface area contributed by atoms with Gasteiger partial charge in [0.15, 0.2) is 23.1 Å². The van der Waals surface area contributed by atoms with Gasteiger partial charge in [-0.2, -0.15) is 4.31 Å².